The Morgan fingerprint density at radius 1 is 1.35 bits per heavy atom. The first-order chi connectivity index (χ1) is 9.56. The van der Waals surface area contributed by atoms with Gasteiger partial charge in [-0.05, 0) is 58.8 Å². The fourth-order valence-corrected chi connectivity index (χ4v) is 3.61. The van der Waals surface area contributed by atoms with Crippen LogP contribution in [0.5, 0.6) is 5.75 Å². The van der Waals surface area contributed by atoms with E-state index in [-0.39, 0.29) is 5.60 Å². The zero-order valence-electron chi connectivity index (χ0n) is 12.9. The predicted molar refractivity (Wildman–Crippen MR) is 82.1 cm³/mol. The molecule has 1 fully saturated rings. The Hall–Kier alpha value is -1.06. The summed E-state index contributed by atoms with van der Waals surface area (Å²) < 4.78 is 6.09. The summed E-state index contributed by atoms with van der Waals surface area (Å²) in [5.74, 6) is 1.80. The quantitative estimate of drug-likeness (QED) is 0.917. The molecule has 2 aliphatic rings. The maximum absolute atomic E-state index is 6.09. The number of rotatable bonds is 3. The van der Waals surface area contributed by atoms with Crippen LogP contribution in [0, 0.1) is 5.92 Å². The van der Waals surface area contributed by atoms with Crippen molar-refractivity contribution in [3.8, 4) is 5.75 Å². The molecule has 20 heavy (non-hydrogen) atoms. The summed E-state index contributed by atoms with van der Waals surface area (Å²) in [6.07, 6.45) is 2.66. The van der Waals surface area contributed by atoms with E-state index in [1.54, 1.807) is 0 Å². The van der Waals surface area contributed by atoms with Crippen LogP contribution in [-0.4, -0.2) is 37.2 Å². The molecule has 2 unspecified atom stereocenters. The third-order valence-corrected chi connectivity index (χ3v) is 4.63. The van der Waals surface area contributed by atoms with Gasteiger partial charge in [-0.15, -0.1) is 0 Å². The van der Waals surface area contributed by atoms with E-state index in [0.717, 1.165) is 18.2 Å². The van der Waals surface area contributed by atoms with Gasteiger partial charge in [0.05, 0.1) is 6.04 Å². The number of likely N-dealkylation sites (tertiary alicyclic amines) is 1. The van der Waals surface area contributed by atoms with Crippen molar-refractivity contribution >= 4 is 0 Å². The number of benzene rings is 1. The third kappa shape index (κ3) is 2.70. The number of fused-ring (bicyclic) bond motifs is 1. The van der Waals surface area contributed by atoms with Crippen molar-refractivity contribution < 1.29 is 4.74 Å². The van der Waals surface area contributed by atoms with E-state index in [0.29, 0.717) is 6.04 Å². The number of piperidine rings is 1. The first kappa shape index (κ1) is 13.9. The third-order valence-electron chi connectivity index (χ3n) is 4.63. The van der Waals surface area contributed by atoms with Crippen molar-refractivity contribution in [2.45, 2.75) is 38.3 Å². The van der Waals surface area contributed by atoms with Gasteiger partial charge in [0, 0.05) is 12.1 Å². The maximum Gasteiger partial charge on any atom is 0.125 e. The molecular formula is C17H26N2O. The summed E-state index contributed by atoms with van der Waals surface area (Å²) in [5, 5.41) is 3.77. The molecule has 1 N–H and O–H groups in total. The Morgan fingerprint density at radius 2 is 2.15 bits per heavy atom. The summed E-state index contributed by atoms with van der Waals surface area (Å²) in [4.78, 5) is 2.44. The van der Waals surface area contributed by atoms with Gasteiger partial charge in [-0.3, -0.25) is 0 Å². The SMILES string of the molecule is CN1CCCC(CNC2c3ccccc3OC2(C)C)C1. The number of nitrogens with zero attached hydrogens (tertiary/aromatic N) is 1. The topological polar surface area (TPSA) is 24.5 Å². The van der Waals surface area contributed by atoms with Crippen LogP contribution in [0.2, 0.25) is 0 Å². The van der Waals surface area contributed by atoms with Crippen molar-refractivity contribution in [1.29, 1.82) is 0 Å². The second-order valence-corrected chi connectivity index (χ2v) is 6.86. The Kier molecular flexibility index (Phi) is 3.74. The molecule has 1 aromatic rings. The molecular weight excluding hydrogens is 248 g/mol. The van der Waals surface area contributed by atoms with Crippen LogP contribution in [0.4, 0.5) is 0 Å². The van der Waals surface area contributed by atoms with Crippen molar-refractivity contribution in [1.82, 2.24) is 10.2 Å². The molecule has 3 heteroatoms. The van der Waals surface area contributed by atoms with Gasteiger partial charge in [-0.25, -0.2) is 0 Å². The average Bonchev–Trinajstić information content (AvgIpc) is 2.66. The van der Waals surface area contributed by atoms with E-state index in [4.69, 9.17) is 4.74 Å². The van der Waals surface area contributed by atoms with Gasteiger partial charge < -0.3 is 15.0 Å². The molecule has 2 heterocycles. The van der Waals surface area contributed by atoms with Gasteiger partial charge in [0.2, 0.25) is 0 Å². The fraction of sp³-hybridized carbons (Fsp3) is 0.647. The fourth-order valence-electron chi connectivity index (χ4n) is 3.61. The normalized spacial score (nSPS) is 28.9. The van der Waals surface area contributed by atoms with Gasteiger partial charge in [-0.1, -0.05) is 18.2 Å². The van der Waals surface area contributed by atoms with E-state index >= 15 is 0 Å². The molecule has 3 rings (SSSR count). The highest BCUT2D eigenvalue weighted by Gasteiger charge is 2.40. The van der Waals surface area contributed by atoms with Crippen LogP contribution in [0.1, 0.15) is 38.3 Å². The molecule has 1 aromatic carbocycles. The lowest BCUT2D eigenvalue weighted by Crippen LogP contribution is -2.43. The largest absolute Gasteiger partial charge is 0.486 e. The van der Waals surface area contributed by atoms with Crippen LogP contribution in [-0.2, 0) is 0 Å². The van der Waals surface area contributed by atoms with E-state index in [2.05, 4.69) is 49.3 Å². The number of para-hydroxylation sites is 1. The summed E-state index contributed by atoms with van der Waals surface area (Å²) in [7, 11) is 2.23. The number of ether oxygens (including phenoxy) is 1. The molecule has 0 radical (unpaired) electrons. The van der Waals surface area contributed by atoms with Crippen LogP contribution in [0.25, 0.3) is 0 Å². The standard InChI is InChI=1S/C17H26N2O/c1-17(2)16(14-8-4-5-9-15(14)20-17)18-11-13-7-6-10-19(3)12-13/h4-5,8-9,13,16,18H,6-7,10-12H2,1-3H3. The first-order valence-electron chi connectivity index (χ1n) is 7.76. The highest BCUT2D eigenvalue weighted by Crippen LogP contribution is 2.42. The Balaban J connectivity index is 1.67. The van der Waals surface area contributed by atoms with Crippen LogP contribution in [0.3, 0.4) is 0 Å². The molecule has 0 spiro atoms. The molecule has 0 aliphatic carbocycles. The Morgan fingerprint density at radius 3 is 2.95 bits per heavy atom. The number of hydrogen-bond donors (Lipinski definition) is 1. The molecule has 0 saturated carbocycles. The lowest BCUT2D eigenvalue weighted by Gasteiger charge is -2.33. The highest BCUT2D eigenvalue weighted by atomic mass is 16.5. The summed E-state index contributed by atoms with van der Waals surface area (Å²) in [6.45, 7) is 7.89. The van der Waals surface area contributed by atoms with Crippen LogP contribution < -0.4 is 10.1 Å². The van der Waals surface area contributed by atoms with E-state index < -0.39 is 0 Å². The second-order valence-electron chi connectivity index (χ2n) is 6.86. The summed E-state index contributed by atoms with van der Waals surface area (Å²) in [6, 6.07) is 8.72. The smallest absolute Gasteiger partial charge is 0.125 e. The van der Waals surface area contributed by atoms with Crippen molar-refractivity contribution in [3.05, 3.63) is 29.8 Å². The van der Waals surface area contributed by atoms with E-state index in [1.807, 2.05) is 6.07 Å². The molecule has 0 bridgehead atoms. The molecule has 2 atom stereocenters. The molecule has 110 valence electrons. The molecule has 2 aliphatic heterocycles. The van der Waals surface area contributed by atoms with Crippen molar-refractivity contribution in [2.24, 2.45) is 5.92 Å². The number of nitrogens with one attached hydrogen (secondary N) is 1. The molecule has 1 saturated heterocycles. The monoisotopic (exact) mass is 274 g/mol. The molecule has 0 aromatic heterocycles. The van der Waals surface area contributed by atoms with Crippen molar-refractivity contribution in [2.75, 3.05) is 26.7 Å². The summed E-state index contributed by atoms with van der Waals surface area (Å²) >= 11 is 0. The van der Waals surface area contributed by atoms with E-state index in [1.165, 1.54) is 31.5 Å². The maximum atomic E-state index is 6.09. The number of hydrogen-bond acceptors (Lipinski definition) is 3. The zero-order valence-corrected chi connectivity index (χ0v) is 12.9. The average molecular weight is 274 g/mol. The van der Waals surface area contributed by atoms with Crippen LogP contribution >= 0.6 is 0 Å². The minimum atomic E-state index is -0.162. The van der Waals surface area contributed by atoms with Gasteiger partial charge in [0.1, 0.15) is 11.4 Å². The lowest BCUT2D eigenvalue weighted by atomic mass is 9.92. The lowest BCUT2D eigenvalue weighted by molar-refractivity contribution is 0.0912. The van der Waals surface area contributed by atoms with E-state index in [9.17, 15) is 0 Å². The second kappa shape index (κ2) is 5.38. The predicted octanol–water partition coefficient (Wildman–Crippen LogP) is 2.83. The minimum absolute atomic E-state index is 0.162. The molecule has 0 amide bonds. The van der Waals surface area contributed by atoms with Gasteiger partial charge in [0.15, 0.2) is 0 Å². The highest BCUT2D eigenvalue weighted by molar-refractivity contribution is 5.42. The van der Waals surface area contributed by atoms with Crippen LogP contribution in [0.15, 0.2) is 24.3 Å². The first-order valence-corrected chi connectivity index (χ1v) is 7.76. The zero-order chi connectivity index (χ0) is 14.2. The van der Waals surface area contributed by atoms with Crippen molar-refractivity contribution in [3.63, 3.8) is 0 Å². The summed E-state index contributed by atoms with van der Waals surface area (Å²) in [5.41, 5.74) is 1.14. The molecule has 3 nitrogen and oxygen atoms in total. The van der Waals surface area contributed by atoms with Gasteiger partial charge >= 0.3 is 0 Å². The minimum Gasteiger partial charge on any atom is -0.486 e. The Labute approximate surface area is 122 Å². The Bertz CT molecular complexity index is 472. The van der Waals surface area contributed by atoms with Gasteiger partial charge in [0.25, 0.3) is 0 Å². The van der Waals surface area contributed by atoms with Gasteiger partial charge in [-0.2, -0.15) is 0 Å².